The first-order valence-corrected chi connectivity index (χ1v) is 7.02. The monoisotopic (exact) mass is 262 g/mol. The smallest absolute Gasteiger partial charge is 0.274 e. The first-order chi connectivity index (χ1) is 9.22. The summed E-state index contributed by atoms with van der Waals surface area (Å²) in [7, 11) is 0. The van der Waals surface area contributed by atoms with E-state index in [2.05, 4.69) is 15.5 Å². The highest BCUT2D eigenvalue weighted by Gasteiger charge is 2.42. The maximum absolute atomic E-state index is 12.2. The van der Waals surface area contributed by atoms with Crippen molar-refractivity contribution in [2.45, 2.75) is 56.3 Å². The van der Waals surface area contributed by atoms with Crippen molar-refractivity contribution >= 4 is 11.6 Å². The highest BCUT2D eigenvalue weighted by atomic mass is 16.5. The Morgan fingerprint density at radius 3 is 2.84 bits per heavy atom. The minimum Gasteiger partial charge on any atom is -0.395 e. The number of aromatic nitrogens is 2. The van der Waals surface area contributed by atoms with Crippen molar-refractivity contribution < 1.29 is 9.53 Å². The number of nitrogens with two attached hydrogens (primary N) is 1. The number of nitrogen functional groups attached to an aromatic ring is 1. The van der Waals surface area contributed by atoms with Crippen LogP contribution in [0.5, 0.6) is 0 Å². The number of ether oxygens (including phenoxy) is 1. The fourth-order valence-electron chi connectivity index (χ4n) is 3.25. The summed E-state index contributed by atoms with van der Waals surface area (Å²) in [5.41, 5.74) is 7.79. The molecule has 2 bridgehead atoms. The van der Waals surface area contributed by atoms with Crippen LogP contribution in [0.1, 0.15) is 54.2 Å². The molecule has 2 saturated heterocycles. The van der Waals surface area contributed by atoms with Crippen LogP contribution >= 0.6 is 0 Å². The molecule has 102 valence electrons. The standard InChI is InChI=1S/C13H18N4O2/c14-10-11(6-1-2-6)16-17-12(10)13(18)15-8-5-7-3-4-9(8)19-7/h6-9H,1-5,14H2,(H,15,18)(H,16,17). The molecule has 3 unspecified atom stereocenters. The van der Waals surface area contributed by atoms with E-state index in [1.165, 1.54) is 0 Å². The lowest BCUT2D eigenvalue weighted by molar-refractivity contribution is 0.0838. The molecule has 3 aliphatic rings. The van der Waals surface area contributed by atoms with Crippen LogP contribution in [0.4, 0.5) is 5.69 Å². The third kappa shape index (κ3) is 1.82. The molecule has 1 saturated carbocycles. The summed E-state index contributed by atoms with van der Waals surface area (Å²) in [4.78, 5) is 12.2. The second kappa shape index (κ2) is 3.96. The zero-order valence-electron chi connectivity index (χ0n) is 10.7. The SMILES string of the molecule is Nc1c(C(=O)NC2CC3CCC2O3)n[nH]c1C1CC1. The molecule has 1 aliphatic carbocycles. The van der Waals surface area contributed by atoms with Crippen molar-refractivity contribution in [3.8, 4) is 0 Å². The van der Waals surface area contributed by atoms with Gasteiger partial charge in [0.1, 0.15) is 0 Å². The Bertz CT molecular complexity index is 523. The number of amides is 1. The molecule has 1 aromatic rings. The Balaban J connectivity index is 1.48. The third-order valence-corrected chi connectivity index (χ3v) is 4.46. The molecular formula is C13H18N4O2. The molecule has 0 aromatic carbocycles. The van der Waals surface area contributed by atoms with E-state index in [1.807, 2.05) is 0 Å². The second-order valence-corrected chi connectivity index (χ2v) is 5.86. The Hall–Kier alpha value is -1.56. The minimum atomic E-state index is -0.179. The van der Waals surface area contributed by atoms with E-state index in [1.54, 1.807) is 0 Å². The Morgan fingerprint density at radius 1 is 1.37 bits per heavy atom. The average molecular weight is 262 g/mol. The fraction of sp³-hybridized carbons (Fsp3) is 0.692. The molecule has 0 spiro atoms. The number of aromatic amines is 1. The molecule has 4 N–H and O–H groups in total. The normalized spacial score (nSPS) is 32.7. The topological polar surface area (TPSA) is 93.0 Å². The largest absolute Gasteiger partial charge is 0.395 e. The van der Waals surface area contributed by atoms with Gasteiger partial charge >= 0.3 is 0 Å². The molecule has 1 aromatic heterocycles. The van der Waals surface area contributed by atoms with E-state index in [0.29, 0.717) is 23.4 Å². The number of rotatable bonds is 3. The van der Waals surface area contributed by atoms with Gasteiger partial charge in [-0.05, 0) is 32.1 Å². The number of nitrogens with one attached hydrogen (secondary N) is 2. The van der Waals surface area contributed by atoms with Crippen LogP contribution in [-0.2, 0) is 4.74 Å². The van der Waals surface area contributed by atoms with Crippen molar-refractivity contribution in [3.05, 3.63) is 11.4 Å². The quantitative estimate of drug-likeness (QED) is 0.755. The number of carbonyl (C=O) groups is 1. The summed E-state index contributed by atoms with van der Waals surface area (Å²) < 4.78 is 5.73. The van der Waals surface area contributed by atoms with Crippen molar-refractivity contribution in [1.82, 2.24) is 15.5 Å². The Morgan fingerprint density at radius 2 is 2.21 bits per heavy atom. The lowest BCUT2D eigenvalue weighted by Crippen LogP contribution is -2.41. The second-order valence-electron chi connectivity index (χ2n) is 5.86. The van der Waals surface area contributed by atoms with Crippen LogP contribution in [0.3, 0.4) is 0 Å². The molecule has 6 heteroatoms. The third-order valence-electron chi connectivity index (χ3n) is 4.46. The van der Waals surface area contributed by atoms with Crippen molar-refractivity contribution in [3.63, 3.8) is 0 Å². The number of carbonyl (C=O) groups excluding carboxylic acids is 1. The molecule has 3 atom stereocenters. The molecule has 6 nitrogen and oxygen atoms in total. The van der Waals surface area contributed by atoms with E-state index < -0.39 is 0 Å². The van der Waals surface area contributed by atoms with Crippen LogP contribution < -0.4 is 11.1 Å². The van der Waals surface area contributed by atoms with Gasteiger partial charge in [0.05, 0.1) is 29.6 Å². The molecule has 19 heavy (non-hydrogen) atoms. The molecule has 4 rings (SSSR count). The number of nitrogens with zero attached hydrogens (tertiary/aromatic N) is 1. The molecule has 2 aliphatic heterocycles. The number of hydrogen-bond donors (Lipinski definition) is 3. The summed E-state index contributed by atoms with van der Waals surface area (Å²) in [6, 6.07) is 0.117. The zero-order chi connectivity index (χ0) is 13.0. The van der Waals surface area contributed by atoms with Gasteiger partial charge in [-0.2, -0.15) is 5.10 Å². The van der Waals surface area contributed by atoms with Gasteiger partial charge in [0.2, 0.25) is 0 Å². The molecule has 0 radical (unpaired) electrons. The van der Waals surface area contributed by atoms with Gasteiger partial charge in [0.25, 0.3) is 5.91 Å². The Labute approximate surface area is 111 Å². The van der Waals surface area contributed by atoms with Gasteiger partial charge < -0.3 is 15.8 Å². The van der Waals surface area contributed by atoms with Gasteiger partial charge in [0.15, 0.2) is 5.69 Å². The number of H-pyrrole nitrogens is 1. The summed E-state index contributed by atoms with van der Waals surface area (Å²) in [6.45, 7) is 0. The summed E-state index contributed by atoms with van der Waals surface area (Å²) in [5.74, 6) is 0.293. The maximum Gasteiger partial charge on any atom is 0.274 e. The van der Waals surface area contributed by atoms with E-state index in [0.717, 1.165) is 37.8 Å². The van der Waals surface area contributed by atoms with Gasteiger partial charge in [-0.15, -0.1) is 0 Å². The van der Waals surface area contributed by atoms with Gasteiger partial charge in [-0.1, -0.05) is 0 Å². The van der Waals surface area contributed by atoms with Crippen LogP contribution in [0.2, 0.25) is 0 Å². The van der Waals surface area contributed by atoms with Crippen LogP contribution in [0.15, 0.2) is 0 Å². The molecular weight excluding hydrogens is 244 g/mol. The summed E-state index contributed by atoms with van der Waals surface area (Å²) in [5, 5.41) is 10.0. The lowest BCUT2D eigenvalue weighted by atomic mass is 9.95. The van der Waals surface area contributed by atoms with Crippen molar-refractivity contribution in [2.75, 3.05) is 5.73 Å². The molecule has 3 heterocycles. The molecule has 3 fully saturated rings. The van der Waals surface area contributed by atoms with Crippen LogP contribution in [-0.4, -0.2) is 34.4 Å². The lowest BCUT2D eigenvalue weighted by Gasteiger charge is -2.19. The van der Waals surface area contributed by atoms with E-state index in [4.69, 9.17) is 10.5 Å². The van der Waals surface area contributed by atoms with E-state index >= 15 is 0 Å². The number of hydrogen-bond acceptors (Lipinski definition) is 4. The van der Waals surface area contributed by atoms with Crippen molar-refractivity contribution in [2.24, 2.45) is 0 Å². The van der Waals surface area contributed by atoms with E-state index in [9.17, 15) is 4.79 Å². The average Bonchev–Trinajstić information content (AvgIpc) is 2.84. The van der Waals surface area contributed by atoms with Gasteiger partial charge in [0, 0.05) is 5.92 Å². The van der Waals surface area contributed by atoms with Gasteiger partial charge in [-0.3, -0.25) is 9.89 Å². The van der Waals surface area contributed by atoms with Gasteiger partial charge in [-0.25, -0.2) is 0 Å². The predicted molar refractivity (Wildman–Crippen MR) is 68.7 cm³/mol. The fourth-order valence-corrected chi connectivity index (χ4v) is 3.25. The predicted octanol–water partition coefficient (Wildman–Crippen LogP) is 0.919. The minimum absolute atomic E-state index is 0.117. The first-order valence-electron chi connectivity index (χ1n) is 7.02. The first kappa shape index (κ1) is 11.3. The summed E-state index contributed by atoms with van der Waals surface area (Å²) in [6.07, 6.45) is 5.84. The Kier molecular flexibility index (Phi) is 2.35. The number of fused-ring (bicyclic) bond motifs is 2. The molecule has 1 amide bonds. The highest BCUT2D eigenvalue weighted by molar-refractivity contribution is 5.98. The zero-order valence-corrected chi connectivity index (χ0v) is 10.7. The van der Waals surface area contributed by atoms with Crippen LogP contribution in [0.25, 0.3) is 0 Å². The van der Waals surface area contributed by atoms with Crippen molar-refractivity contribution in [1.29, 1.82) is 0 Å². The summed E-state index contributed by atoms with van der Waals surface area (Å²) >= 11 is 0. The maximum atomic E-state index is 12.2. The van der Waals surface area contributed by atoms with E-state index in [-0.39, 0.29) is 18.1 Å². The number of anilines is 1. The van der Waals surface area contributed by atoms with Crippen LogP contribution in [0, 0.1) is 0 Å². The highest BCUT2D eigenvalue weighted by Crippen LogP contribution is 2.42.